The Kier molecular flexibility index (Phi) is 7.03. The van der Waals surface area contributed by atoms with Crippen LogP contribution >= 0.6 is 0 Å². The van der Waals surface area contributed by atoms with Crippen molar-refractivity contribution in [2.45, 2.75) is 6.42 Å². The van der Waals surface area contributed by atoms with Crippen molar-refractivity contribution >= 4 is 23.5 Å². The Hall–Kier alpha value is -3.95. The van der Waals surface area contributed by atoms with Crippen LogP contribution in [0.25, 0.3) is 0 Å². The summed E-state index contributed by atoms with van der Waals surface area (Å²) in [5.41, 5.74) is 4.57. The zero-order chi connectivity index (χ0) is 20.5. The zero-order valence-electron chi connectivity index (χ0n) is 14.8. The largest absolute Gasteiger partial charge is 0.497 e. The second kappa shape index (κ2) is 9.67. The molecule has 2 amide bonds. The molecule has 2 N–H and O–H groups in total. The first-order chi connectivity index (χ1) is 13.4. The number of ether oxygens (including phenoxy) is 2. The number of benzene rings is 2. The molecule has 0 spiro atoms. The van der Waals surface area contributed by atoms with E-state index >= 15 is 0 Å². The van der Waals surface area contributed by atoms with Gasteiger partial charge in [-0.25, -0.2) is 0 Å². The van der Waals surface area contributed by atoms with Crippen molar-refractivity contribution in [1.82, 2.24) is 10.9 Å². The topological polar surface area (TPSA) is 137 Å². The van der Waals surface area contributed by atoms with Crippen LogP contribution in [0, 0.1) is 10.1 Å². The van der Waals surface area contributed by atoms with E-state index in [-0.39, 0.29) is 17.7 Å². The normalized spacial score (nSPS) is 9.89. The van der Waals surface area contributed by atoms with E-state index in [1.165, 1.54) is 25.3 Å². The molecule has 0 saturated carbocycles. The number of nitro benzene ring substituents is 1. The standard InChI is InChI=1S/C18H17N3O7/c1-27-15-7-5-12(6-8-15)9-17(23)28-11-16(22)19-20-18(24)13-3-2-4-14(10-13)21(25)26/h2-8,10H,9,11H2,1H3,(H,19,22)(H,20,24). The van der Waals surface area contributed by atoms with Gasteiger partial charge in [0, 0.05) is 17.7 Å². The van der Waals surface area contributed by atoms with Gasteiger partial charge in [0.05, 0.1) is 18.5 Å². The number of rotatable bonds is 7. The lowest BCUT2D eigenvalue weighted by Gasteiger charge is -2.08. The van der Waals surface area contributed by atoms with E-state index in [4.69, 9.17) is 9.47 Å². The van der Waals surface area contributed by atoms with E-state index in [0.29, 0.717) is 11.3 Å². The number of esters is 1. The number of nitro groups is 1. The molecule has 2 aromatic carbocycles. The number of non-ortho nitro benzene ring substituents is 1. The van der Waals surface area contributed by atoms with E-state index in [0.717, 1.165) is 6.07 Å². The second-order valence-electron chi connectivity index (χ2n) is 5.50. The van der Waals surface area contributed by atoms with Gasteiger partial charge in [-0.05, 0) is 23.8 Å². The highest BCUT2D eigenvalue weighted by molar-refractivity contribution is 5.96. The SMILES string of the molecule is COc1ccc(CC(=O)OCC(=O)NNC(=O)c2cccc([N+](=O)[O-])c2)cc1. The van der Waals surface area contributed by atoms with E-state index in [1.807, 2.05) is 0 Å². The Labute approximate surface area is 159 Å². The van der Waals surface area contributed by atoms with Crippen molar-refractivity contribution in [2.75, 3.05) is 13.7 Å². The van der Waals surface area contributed by atoms with E-state index < -0.39 is 29.3 Å². The predicted octanol–water partition coefficient (Wildman–Crippen LogP) is 1.15. The summed E-state index contributed by atoms with van der Waals surface area (Å²) in [6.45, 7) is -0.593. The Bertz CT molecular complexity index is 881. The molecule has 0 unspecified atom stereocenters. The summed E-state index contributed by atoms with van der Waals surface area (Å²) in [5, 5.41) is 10.7. The van der Waals surface area contributed by atoms with Gasteiger partial charge in [0.25, 0.3) is 17.5 Å². The average Bonchev–Trinajstić information content (AvgIpc) is 2.71. The van der Waals surface area contributed by atoms with Crippen LogP contribution in [-0.2, 0) is 20.7 Å². The first kappa shape index (κ1) is 20.4. The quantitative estimate of drug-likeness (QED) is 0.413. The predicted molar refractivity (Wildman–Crippen MR) is 96.4 cm³/mol. The third-order valence-corrected chi connectivity index (χ3v) is 3.51. The minimum Gasteiger partial charge on any atom is -0.497 e. The Morgan fingerprint density at radius 1 is 1.07 bits per heavy atom. The van der Waals surface area contributed by atoms with Crippen LogP contribution in [0.1, 0.15) is 15.9 Å². The minimum absolute atomic E-state index is 0.00833. The molecule has 0 heterocycles. The van der Waals surface area contributed by atoms with Gasteiger partial charge in [0.2, 0.25) is 0 Å². The number of nitrogens with zero attached hydrogens (tertiary/aromatic N) is 1. The number of nitrogens with one attached hydrogen (secondary N) is 2. The maximum atomic E-state index is 11.9. The number of hydrogen-bond donors (Lipinski definition) is 2. The maximum absolute atomic E-state index is 11.9. The molecule has 0 aliphatic rings. The number of carbonyl (C=O) groups is 3. The molecular formula is C18H17N3O7. The molecule has 2 aromatic rings. The van der Waals surface area contributed by atoms with Crippen LogP contribution in [0.5, 0.6) is 5.75 Å². The molecule has 0 aliphatic heterocycles. The smallest absolute Gasteiger partial charge is 0.310 e. The van der Waals surface area contributed by atoms with Crippen LogP contribution in [-0.4, -0.2) is 36.4 Å². The summed E-state index contributed by atoms with van der Waals surface area (Å²) in [7, 11) is 1.53. The number of methoxy groups -OCH3 is 1. The first-order valence-corrected chi connectivity index (χ1v) is 8.01. The maximum Gasteiger partial charge on any atom is 0.310 e. The fraction of sp³-hybridized carbons (Fsp3) is 0.167. The van der Waals surface area contributed by atoms with Crippen LogP contribution in [0.3, 0.4) is 0 Å². The molecule has 146 valence electrons. The van der Waals surface area contributed by atoms with Gasteiger partial charge in [-0.15, -0.1) is 0 Å². The molecular weight excluding hydrogens is 370 g/mol. The monoisotopic (exact) mass is 387 g/mol. The molecule has 2 rings (SSSR count). The summed E-state index contributed by atoms with van der Waals surface area (Å²) in [6.07, 6.45) is -0.0304. The Morgan fingerprint density at radius 2 is 1.79 bits per heavy atom. The number of amides is 2. The summed E-state index contributed by atoms with van der Waals surface area (Å²) in [5.74, 6) is -1.48. The highest BCUT2D eigenvalue weighted by Gasteiger charge is 2.13. The second-order valence-corrected chi connectivity index (χ2v) is 5.50. The van der Waals surface area contributed by atoms with Crippen molar-refractivity contribution in [3.8, 4) is 5.75 Å². The fourth-order valence-corrected chi connectivity index (χ4v) is 2.10. The molecule has 0 radical (unpaired) electrons. The minimum atomic E-state index is -0.762. The fourth-order valence-electron chi connectivity index (χ4n) is 2.10. The van der Waals surface area contributed by atoms with Gasteiger partial charge in [0.15, 0.2) is 6.61 Å². The van der Waals surface area contributed by atoms with E-state index in [9.17, 15) is 24.5 Å². The van der Waals surface area contributed by atoms with E-state index in [2.05, 4.69) is 10.9 Å². The summed E-state index contributed by atoms with van der Waals surface area (Å²) < 4.78 is 9.84. The third-order valence-electron chi connectivity index (χ3n) is 3.51. The van der Waals surface area contributed by atoms with Gasteiger partial charge in [0.1, 0.15) is 5.75 Å². The lowest BCUT2D eigenvalue weighted by atomic mass is 10.1. The zero-order valence-corrected chi connectivity index (χ0v) is 14.8. The summed E-state index contributed by atoms with van der Waals surface area (Å²) >= 11 is 0. The number of hydrazine groups is 1. The van der Waals surface area contributed by atoms with Gasteiger partial charge in [-0.3, -0.25) is 35.3 Å². The van der Waals surface area contributed by atoms with E-state index in [1.54, 1.807) is 24.3 Å². The van der Waals surface area contributed by atoms with Crippen LogP contribution in [0.2, 0.25) is 0 Å². The highest BCUT2D eigenvalue weighted by Crippen LogP contribution is 2.13. The highest BCUT2D eigenvalue weighted by atomic mass is 16.6. The third kappa shape index (κ3) is 6.09. The lowest BCUT2D eigenvalue weighted by molar-refractivity contribution is -0.384. The molecule has 0 fully saturated rings. The van der Waals surface area contributed by atoms with Crippen LogP contribution < -0.4 is 15.6 Å². The Morgan fingerprint density at radius 3 is 2.43 bits per heavy atom. The molecule has 0 atom stereocenters. The number of hydrogen-bond acceptors (Lipinski definition) is 7. The van der Waals surface area contributed by atoms with Gasteiger partial charge < -0.3 is 9.47 Å². The molecule has 10 heteroatoms. The molecule has 0 bridgehead atoms. The summed E-state index contributed by atoms with van der Waals surface area (Å²) in [4.78, 5) is 45.4. The van der Waals surface area contributed by atoms with Crippen molar-refractivity contribution in [3.05, 3.63) is 69.8 Å². The van der Waals surface area contributed by atoms with Crippen molar-refractivity contribution in [1.29, 1.82) is 0 Å². The van der Waals surface area contributed by atoms with Crippen LogP contribution in [0.4, 0.5) is 5.69 Å². The number of carbonyl (C=O) groups excluding carboxylic acids is 3. The Balaban J connectivity index is 1.75. The molecule has 0 aromatic heterocycles. The molecule has 28 heavy (non-hydrogen) atoms. The van der Waals surface area contributed by atoms with Gasteiger partial charge in [-0.1, -0.05) is 18.2 Å². The van der Waals surface area contributed by atoms with Gasteiger partial charge >= 0.3 is 5.97 Å². The first-order valence-electron chi connectivity index (χ1n) is 8.01. The van der Waals surface area contributed by atoms with Crippen molar-refractivity contribution in [3.63, 3.8) is 0 Å². The summed E-state index contributed by atoms with van der Waals surface area (Å²) in [6, 6.07) is 11.8. The van der Waals surface area contributed by atoms with Gasteiger partial charge in [-0.2, -0.15) is 0 Å². The molecule has 0 aliphatic carbocycles. The van der Waals surface area contributed by atoms with Crippen molar-refractivity contribution < 1.29 is 28.8 Å². The van der Waals surface area contributed by atoms with Crippen LogP contribution in [0.15, 0.2) is 48.5 Å². The lowest BCUT2D eigenvalue weighted by Crippen LogP contribution is -2.43. The average molecular weight is 387 g/mol. The molecule has 10 nitrogen and oxygen atoms in total. The molecule has 0 saturated heterocycles. The van der Waals surface area contributed by atoms with Crippen molar-refractivity contribution in [2.24, 2.45) is 0 Å².